The van der Waals surface area contributed by atoms with Gasteiger partial charge in [-0.15, -0.1) is 0 Å². The molecule has 4 heteroatoms. The molecule has 2 aromatic rings. The summed E-state index contributed by atoms with van der Waals surface area (Å²) in [6.07, 6.45) is 3.79. The van der Waals surface area contributed by atoms with E-state index in [1.807, 2.05) is 18.5 Å². The second kappa shape index (κ2) is 3.55. The Labute approximate surface area is 87.9 Å². The third-order valence-corrected chi connectivity index (χ3v) is 2.78. The van der Waals surface area contributed by atoms with Gasteiger partial charge in [0.05, 0.1) is 29.9 Å². The highest BCUT2D eigenvalue weighted by atomic mass is 16.5. The smallest absolute Gasteiger partial charge is 0.0900 e. The van der Waals surface area contributed by atoms with E-state index >= 15 is 0 Å². The van der Waals surface area contributed by atoms with E-state index in [0.717, 1.165) is 37.3 Å². The van der Waals surface area contributed by atoms with Crippen molar-refractivity contribution in [2.24, 2.45) is 0 Å². The number of ether oxygens (including phenoxy) is 1. The van der Waals surface area contributed by atoms with Crippen LogP contribution >= 0.6 is 0 Å². The van der Waals surface area contributed by atoms with E-state index < -0.39 is 0 Å². The van der Waals surface area contributed by atoms with Gasteiger partial charge in [0.2, 0.25) is 0 Å². The molecule has 0 bridgehead atoms. The first kappa shape index (κ1) is 8.73. The Bertz CT molecular complexity index is 460. The van der Waals surface area contributed by atoms with E-state index in [1.165, 1.54) is 5.69 Å². The molecular formula is C11H13N3O. The molecule has 1 fully saturated rings. The fourth-order valence-electron chi connectivity index (χ4n) is 2.01. The van der Waals surface area contributed by atoms with Crippen LogP contribution in [0.1, 0.15) is 0 Å². The van der Waals surface area contributed by atoms with Gasteiger partial charge in [-0.1, -0.05) is 0 Å². The standard InChI is InChI=1S/C11H13N3O/c1-3-13-11-9(1)12-4-2-10(11)14-5-7-15-8-6-14/h1-4,13H,5-8H2. The molecule has 3 heterocycles. The monoisotopic (exact) mass is 203 g/mol. The fourth-order valence-corrected chi connectivity index (χ4v) is 2.01. The number of hydrogen-bond donors (Lipinski definition) is 1. The van der Waals surface area contributed by atoms with E-state index in [9.17, 15) is 0 Å². The summed E-state index contributed by atoms with van der Waals surface area (Å²) in [7, 11) is 0. The van der Waals surface area contributed by atoms with E-state index in [2.05, 4.69) is 20.9 Å². The molecule has 3 rings (SSSR count). The summed E-state index contributed by atoms with van der Waals surface area (Å²) < 4.78 is 5.35. The maximum atomic E-state index is 5.35. The Hall–Kier alpha value is -1.55. The van der Waals surface area contributed by atoms with Gasteiger partial charge in [-0.05, 0) is 12.1 Å². The minimum absolute atomic E-state index is 0.810. The largest absolute Gasteiger partial charge is 0.378 e. The lowest BCUT2D eigenvalue weighted by molar-refractivity contribution is 0.123. The van der Waals surface area contributed by atoms with Crippen LogP contribution in [0.2, 0.25) is 0 Å². The average Bonchev–Trinajstić information content (AvgIpc) is 2.78. The molecule has 4 nitrogen and oxygen atoms in total. The maximum Gasteiger partial charge on any atom is 0.0900 e. The van der Waals surface area contributed by atoms with Crippen LogP contribution in [0.4, 0.5) is 5.69 Å². The number of anilines is 1. The van der Waals surface area contributed by atoms with Gasteiger partial charge in [0, 0.05) is 25.5 Å². The molecule has 0 aliphatic carbocycles. The van der Waals surface area contributed by atoms with Crippen molar-refractivity contribution in [2.45, 2.75) is 0 Å². The van der Waals surface area contributed by atoms with Crippen molar-refractivity contribution in [1.29, 1.82) is 0 Å². The number of hydrogen-bond acceptors (Lipinski definition) is 3. The van der Waals surface area contributed by atoms with Crippen molar-refractivity contribution < 1.29 is 4.74 Å². The molecule has 0 atom stereocenters. The van der Waals surface area contributed by atoms with Crippen LogP contribution in [0.25, 0.3) is 11.0 Å². The Morgan fingerprint density at radius 1 is 1.27 bits per heavy atom. The summed E-state index contributed by atoms with van der Waals surface area (Å²) in [5.74, 6) is 0. The van der Waals surface area contributed by atoms with Gasteiger partial charge in [0.1, 0.15) is 0 Å². The SMILES string of the molecule is c1cc(N2CCOCC2)c2[nH]ccc2n1. The van der Waals surface area contributed by atoms with Crippen LogP contribution in [0.15, 0.2) is 24.5 Å². The Balaban J connectivity index is 2.05. The van der Waals surface area contributed by atoms with E-state index in [-0.39, 0.29) is 0 Å². The molecule has 0 unspecified atom stereocenters. The number of pyridine rings is 1. The number of H-pyrrole nitrogens is 1. The van der Waals surface area contributed by atoms with Crippen LogP contribution in [0.3, 0.4) is 0 Å². The van der Waals surface area contributed by atoms with Gasteiger partial charge in [0.25, 0.3) is 0 Å². The Kier molecular flexibility index (Phi) is 2.07. The molecule has 1 aliphatic heterocycles. The summed E-state index contributed by atoms with van der Waals surface area (Å²) in [6, 6.07) is 4.06. The first-order chi connectivity index (χ1) is 7.45. The zero-order valence-electron chi connectivity index (χ0n) is 8.44. The van der Waals surface area contributed by atoms with Gasteiger partial charge < -0.3 is 14.6 Å². The van der Waals surface area contributed by atoms with Crippen LogP contribution in [-0.2, 0) is 4.74 Å². The summed E-state index contributed by atoms with van der Waals surface area (Å²) in [5, 5.41) is 0. The predicted molar refractivity (Wildman–Crippen MR) is 59.1 cm³/mol. The van der Waals surface area contributed by atoms with Crippen molar-refractivity contribution in [3.63, 3.8) is 0 Å². The molecule has 1 aliphatic rings. The lowest BCUT2D eigenvalue weighted by Gasteiger charge is -2.29. The highest BCUT2D eigenvalue weighted by molar-refractivity contribution is 5.88. The second-order valence-corrected chi connectivity index (χ2v) is 3.67. The van der Waals surface area contributed by atoms with E-state index in [1.54, 1.807) is 0 Å². The van der Waals surface area contributed by atoms with Crippen molar-refractivity contribution in [2.75, 3.05) is 31.2 Å². The van der Waals surface area contributed by atoms with Crippen molar-refractivity contribution in [3.8, 4) is 0 Å². The first-order valence-electron chi connectivity index (χ1n) is 5.20. The molecule has 0 spiro atoms. The number of rotatable bonds is 1. The minimum atomic E-state index is 0.810. The van der Waals surface area contributed by atoms with Crippen LogP contribution in [-0.4, -0.2) is 36.3 Å². The lowest BCUT2D eigenvalue weighted by atomic mass is 10.3. The zero-order chi connectivity index (χ0) is 10.1. The third-order valence-electron chi connectivity index (χ3n) is 2.78. The van der Waals surface area contributed by atoms with Crippen molar-refractivity contribution in [1.82, 2.24) is 9.97 Å². The summed E-state index contributed by atoms with van der Waals surface area (Å²) >= 11 is 0. The number of aromatic nitrogens is 2. The number of nitrogens with zero attached hydrogens (tertiary/aromatic N) is 2. The lowest BCUT2D eigenvalue weighted by Crippen LogP contribution is -2.36. The topological polar surface area (TPSA) is 41.1 Å². The molecule has 0 radical (unpaired) electrons. The van der Waals surface area contributed by atoms with Gasteiger partial charge in [0.15, 0.2) is 0 Å². The molecule has 1 N–H and O–H groups in total. The fraction of sp³-hybridized carbons (Fsp3) is 0.364. The van der Waals surface area contributed by atoms with Crippen LogP contribution in [0.5, 0.6) is 0 Å². The molecule has 15 heavy (non-hydrogen) atoms. The molecule has 0 saturated carbocycles. The van der Waals surface area contributed by atoms with E-state index in [0.29, 0.717) is 0 Å². The normalized spacial score (nSPS) is 17.2. The van der Waals surface area contributed by atoms with Gasteiger partial charge in [-0.2, -0.15) is 0 Å². The van der Waals surface area contributed by atoms with Gasteiger partial charge in [-0.25, -0.2) is 0 Å². The third kappa shape index (κ3) is 1.47. The Morgan fingerprint density at radius 3 is 3.00 bits per heavy atom. The highest BCUT2D eigenvalue weighted by Crippen LogP contribution is 2.24. The number of fused-ring (bicyclic) bond motifs is 1. The summed E-state index contributed by atoms with van der Waals surface area (Å²) in [5.41, 5.74) is 3.38. The highest BCUT2D eigenvalue weighted by Gasteiger charge is 2.14. The van der Waals surface area contributed by atoms with Crippen molar-refractivity contribution >= 4 is 16.7 Å². The van der Waals surface area contributed by atoms with Gasteiger partial charge >= 0.3 is 0 Å². The molecular weight excluding hydrogens is 190 g/mol. The summed E-state index contributed by atoms with van der Waals surface area (Å²) in [4.78, 5) is 9.89. The molecule has 78 valence electrons. The molecule has 1 saturated heterocycles. The molecule has 0 amide bonds. The van der Waals surface area contributed by atoms with Gasteiger partial charge in [-0.3, -0.25) is 4.98 Å². The maximum absolute atomic E-state index is 5.35. The number of nitrogens with one attached hydrogen (secondary N) is 1. The minimum Gasteiger partial charge on any atom is -0.378 e. The van der Waals surface area contributed by atoms with Crippen LogP contribution < -0.4 is 4.90 Å². The number of morpholine rings is 1. The second-order valence-electron chi connectivity index (χ2n) is 3.67. The zero-order valence-corrected chi connectivity index (χ0v) is 8.44. The van der Waals surface area contributed by atoms with Crippen LogP contribution in [0, 0.1) is 0 Å². The first-order valence-corrected chi connectivity index (χ1v) is 5.20. The van der Waals surface area contributed by atoms with Crippen molar-refractivity contribution in [3.05, 3.63) is 24.5 Å². The average molecular weight is 203 g/mol. The molecule has 2 aromatic heterocycles. The predicted octanol–water partition coefficient (Wildman–Crippen LogP) is 1.40. The molecule has 0 aromatic carbocycles. The van der Waals surface area contributed by atoms with E-state index in [4.69, 9.17) is 4.74 Å². The number of aromatic amines is 1. The summed E-state index contributed by atoms with van der Waals surface area (Å²) in [6.45, 7) is 3.53. The Morgan fingerprint density at radius 2 is 2.13 bits per heavy atom. The quantitative estimate of drug-likeness (QED) is 0.761.